The molecule has 8 heteroatoms. The maximum absolute atomic E-state index is 9.25. The number of rotatable bonds is 6. The van der Waals surface area contributed by atoms with Gasteiger partial charge in [0.2, 0.25) is 0 Å². The summed E-state index contributed by atoms with van der Waals surface area (Å²) in [6.45, 7) is 16.3. The second-order valence-electron chi connectivity index (χ2n) is 3.52. The van der Waals surface area contributed by atoms with E-state index in [1.807, 2.05) is 0 Å². The maximum atomic E-state index is 9.25. The number of hydrogen-bond acceptors (Lipinski definition) is 4. The van der Waals surface area contributed by atoms with Gasteiger partial charge in [-0.25, -0.2) is 19.2 Å². The van der Waals surface area contributed by atoms with Crippen molar-refractivity contribution in [1.29, 1.82) is 0 Å². The summed E-state index contributed by atoms with van der Waals surface area (Å²) in [5, 5.41) is 30.4. The predicted molar refractivity (Wildman–Crippen MR) is 96.5 cm³/mol. The standard InChI is InChI=1S/C5H12.4C3H4O2/c1-3-5-4-2;4*1-2-3(4)5/h3-5H2,1-2H3;4*2H,1H2,(H,4,5). The average molecular weight is 360 g/mol. The third-order valence-corrected chi connectivity index (χ3v) is 1.41. The Morgan fingerprint density at radius 1 is 0.600 bits per heavy atom. The molecule has 4 N–H and O–H groups in total. The fourth-order valence-corrected chi connectivity index (χ4v) is 0.354. The minimum Gasteiger partial charge on any atom is -0.478 e. The van der Waals surface area contributed by atoms with Crippen LogP contribution in [0.1, 0.15) is 33.1 Å². The fourth-order valence-electron chi connectivity index (χ4n) is 0.354. The highest BCUT2D eigenvalue weighted by molar-refractivity contribution is 5.79. The predicted octanol–water partition coefficient (Wildman–Crippen LogP) is 3.22. The van der Waals surface area contributed by atoms with E-state index in [9.17, 15) is 19.2 Å². The van der Waals surface area contributed by atoms with E-state index in [1.54, 1.807) is 0 Å². The Morgan fingerprint density at radius 2 is 0.720 bits per heavy atom. The molecule has 0 saturated heterocycles. The normalized spacial score (nSPS) is 6.80. The smallest absolute Gasteiger partial charge is 0.327 e. The van der Waals surface area contributed by atoms with Gasteiger partial charge in [0.15, 0.2) is 0 Å². The SMILES string of the molecule is C=CC(=O)O.C=CC(=O)O.C=CC(=O)O.C=CC(=O)O.CCCCC. The van der Waals surface area contributed by atoms with Crippen LogP contribution in [0, 0.1) is 0 Å². The van der Waals surface area contributed by atoms with Gasteiger partial charge in [0.05, 0.1) is 0 Å². The Bertz CT molecular complexity index is 337. The molecule has 0 aromatic heterocycles. The first-order valence-electron chi connectivity index (χ1n) is 6.91. The van der Waals surface area contributed by atoms with Gasteiger partial charge in [-0.15, -0.1) is 0 Å². The average Bonchev–Trinajstić information content (AvgIpc) is 2.57. The van der Waals surface area contributed by atoms with E-state index in [4.69, 9.17) is 20.4 Å². The Balaban J connectivity index is -0.0000000667. The van der Waals surface area contributed by atoms with Gasteiger partial charge in [-0.2, -0.15) is 0 Å². The lowest BCUT2D eigenvalue weighted by Gasteiger charge is -1.79. The molecule has 8 nitrogen and oxygen atoms in total. The van der Waals surface area contributed by atoms with Crippen molar-refractivity contribution in [3.05, 3.63) is 50.6 Å². The summed E-state index contributed by atoms with van der Waals surface area (Å²) in [7, 11) is 0. The van der Waals surface area contributed by atoms with Crippen LogP contribution >= 0.6 is 0 Å². The summed E-state index contributed by atoms with van der Waals surface area (Å²) in [5.74, 6) is -3.93. The van der Waals surface area contributed by atoms with Gasteiger partial charge < -0.3 is 20.4 Å². The summed E-state index contributed by atoms with van der Waals surface area (Å²) in [6.07, 6.45) is 7.41. The first-order chi connectivity index (χ1) is 11.5. The van der Waals surface area contributed by atoms with Crippen LogP contribution in [0.5, 0.6) is 0 Å². The number of carboxylic acids is 4. The molecular formula is C17H28O8. The first kappa shape index (κ1) is 33.4. The van der Waals surface area contributed by atoms with Gasteiger partial charge in [-0.1, -0.05) is 59.4 Å². The fraction of sp³-hybridized carbons (Fsp3) is 0.294. The Morgan fingerprint density at radius 3 is 0.720 bits per heavy atom. The van der Waals surface area contributed by atoms with Gasteiger partial charge in [0.1, 0.15) is 0 Å². The van der Waals surface area contributed by atoms with Crippen LogP contribution in [0.4, 0.5) is 0 Å². The van der Waals surface area contributed by atoms with Crippen molar-refractivity contribution in [3.8, 4) is 0 Å². The molecule has 0 atom stereocenters. The van der Waals surface area contributed by atoms with Crippen LogP contribution in [0.3, 0.4) is 0 Å². The monoisotopic (exact) mass is 360 g/mol. The van der Waals surface area contributed by atoms with E-state index in [0.29, 0.717) is 0 Å². The summed E-state index contributed by atoms with van der Waals surface area (Å²) in [4.78, 5) is 37.0. The van der Waals surface area contributed by atoms with E-state index in [-0.39, 0.29) is 0 Å². The second kappa shape index (κ2) is 32.7. The van der Waals surface area contributed by atoms with Crippen LogP contribution in [-0.4, -0.2) is 44.3 Å². The van der Waals surface area contributed by atoms with Crippen molar-refractivity contribution in [1.82, 2.24) is 0 Å². The summed E-state index contributed by atoms with van der Waals surface area (Å²) >= 11 is 0. The minimum atomic E-state index is -0.981. The molecular weight excluding hydrogens is 332 g/mol. The highest BCUT2D eigenvalue weighted by atomic mass is 16.4. The molecule has 0 spiro atoms. The Kier molecular flexibility index (Phi) is 43.7. The molecule has 0 bridgehead atoms. The molecule has 0 aliphatic rings. The topological polar surface area (TPSA) is 149 Å². The summed E-state index contributed by atoms with van der Waals surface area (Å²) in [5.41, 5.74) is 0. The first-order valence-corrected chi connectivity index (χ1v) is 6.91. The number of carbonyl (C=O) groups is 4. The number of aliphatic carboxylic acids is 4. The van der Waals surface area contributed by atoms with E-state index in [0.717, 1.165) is 24.3 Å². The molecule has 0 amide bonds. The van der Waals surface area contributed by atoms with Gasteiger partial charge in [0, 0.05) is 24.3 Å². The summed E-state index contributed by atoms with van der Waals surface area (Å²) in [6, 6.07) is 0. The summed E-state index contributed by atoms with van der Waals surface area (Å²) < 4.78 is 0. The lowest BCUT2D eigenvalue weighted by Crippen LogP contribution is -1.82. The van der Waals surface area contributed by atoms with Gasteiger partial charge >= 0.3 is 23.9 Å². The Labute approximate surface area is 148 Å². The van der Waals surface area contributed by atoms with Crippen LogP contribution in [-0.2, 0) is 19.2 Å². The third-order valence-electron chi connectivity index (χ3n) is 1.41. The van der Waals surface area contributed by atoms with Crippen LogP contribution < -0.4 is 0 Å². The molecule has 0 aromatic carbocycles. The molecule has 25 heavy (non-hydrogen) atoms. The van der Waals surface area contributed by atoms with E-state index < -0.39 is 23.9 Å². The van der Waals surface area contributed by atoms with E-state index in [1.165, 1.54) is 19.3 Å². The zero-order chi connectivity index (χ0) is 21.3. The molecule has 0 rings (SSSR count). The van der Waals surface area contributed by atoms with Crippen molar-refractivity contribution >= 4 is 23.9 Å². The van der Waals surface area contributed by atoms with Crippen molar-refractivity contribution in [2.45, 2.75) is 33.1 Å². The zero-order valence-corrected chi connectivity index (χ0v) is 14.7. The lowest BCUT2D eigenvalue weighted by atomic mass is 10.3. The highest BCUT2D eigenvalue weighted by Gasteiger charge is 1.74. The van der Waals surface area contributed by atoms with Crippen LogP contribution in [0.15, 0.2) is 50.6 Å². The van der Waals surface area contributed by atoms with Crippen molar-refractivity contribution in [3.63, 3.8) is 0 Å². The largest absolute Gasteiger partial charge is 0.478 e. The van der Waals surface area contributed by atoms with Gasteiger partial charge in [-0.3, -0.25) is 0 Å². The molecule has 144 valence electrons. The minimum absolute atomic E-state index is 0.833. The maximum Gasteiger partial charge on any atom is 0.327 e. The third kappa shape index (κ3) is 158. The highest BCUT2D eigenvalue weighted by Crippen LogP contribution is 1.88. The van der Waals surface area contributed by atoms with Gasteiger partial charge in [0.25, 0.3) is 0 Å². The number of hydrogen-bond donors (Lipinski definition) is 4. The Hall–Kier alpha value is -3.16. The van der Waals surface area contributed by atoms with Crippen LogP contribution in [0.25, 0.3) is 0 Å². The zero-order valence-electron chi connectivity index (χ0n) is 14.7. The molecule has 0 heterocycles. The molecule has 0 unspecified atom stereocenters. The van der Waals surface area contributed by atoms with Crippen LogP contribution in [0.2, 0.25) is 0 Å². The molecule has 0 saturated carbocycles. The van der Waals surface area contributed by atoms with Crippen molar-refractivity contribution in [2.24, 2.45) is 0 Å². The number of carboxylic acid groups (broad SMARTS) is 4. The molecule has 0 radical (unpaired) electrons. The molecule has 0 fully saturated rings. The molecule has 0 aromatic rings. The quantitative estimate of drug-likeness (QED) is 0.527. The molecule has 0 aliphatic heterocycles. The van der Waals surface area contributed by atoms with Crippen molar-refractivity contribution < 1.29 is 39.6 Å². The lowest BCUT2D eigenvalue weighted by molar-refractivity contribution is -0.132. The van der Waals surface area contributed by atoms with E-state index in [2.05, 4.69) is 40.2 Å². The number of unbranched alkanes of at least 4 members (excludes halogenated alkanes) is 2. The molecule has 0 aliphatic carbocycles. The second-order valence-corrected chi connectivity index (χ2v) is 3.52. The van der Waals surface area contributed by atoms with Gasteiger partial charge in [-0.05, 0) is 0 Å². The van der Waals surface area contributed by atoms with E-state index >= 15 is 0 Å². The van der Waals surface area contributed by atoms with Crippen molar-refractivity contribution in [2.75, 3.05) is 0 Å².